The molecule has 0 bridgehead atoms. The molecular weight excluding hydrogens is 206 g/mol. The molecule has 0 aliphatic rings. The van der Waals surface area contributed by atoms with Crippen molar-refractivity contribution in [1.82, 2.24) is 0 Å². The number of hydrogen-bond donors (Lipinski definition) is 3. The van der Waals surface area contributed by atoms with Crippen LogP contribution in [0.15, 0.2) is 0 Å². The van der Waals surface area contributed by atoms with Crippen LogP contribution in [0.3, 0.4) is 0 Å². The van der Waals surface area contributed by atoms with Gasteiger partial charge in [-0.25, -0.2) is 0 Å². The lowest BCUT2D eigenvalue weighted by atomic mass is 10.7. The molecule has 7 heteroatoms. The molecule has 0 radical (unpaired) electrons. The molecule has 0 aromatic carbocycles. The normalized spacial score (nSPS) is 12.0. The molecule has 0 aliphatic carbocycles. The molecule has 0 saturated heterocycles. The Balaban J connectivity index is 4.16. The minimum atomic E-state index is -0.596. The molecule has 0 saturated carbocycles. The van der Waals surface area contributed by atoms with Crippen molar-refractivity contribution in [2.75, 3.05) is 46.2 Å². The first kappa shape index (κ1) is 14.7. The van der Waals surface area contributed by atoms with Gasteiger partial charge in [-0.3, -0.25) is 0 Å². The second-order valence-corrected chi connectivity index (χ2v) is 2.60. The van der Waals surface area contributed by atoms with E-state index in [9.17, 15) is 0 Å². The van der Waals surface area contributed by atoms with Crippen LogP contribution in [0.1, 0.15) is 6.92 Å². The Morgan fingerprint density at radius 1 is 0.800 bits per heavy atom. The van der Waals surface area contributed by atoms with Crippen molar-refractivity contribution in [3.8, 4) is 0 Å². The standard InChI is InChI=1S/C8H20NO6/c1-2-9(13-6-3-10,14-7-4-11)15-8-5-12/h10-12H,2-8H2,1H3/q+1. The molecule has 0 unspecified atom stereocenters. The molecule has 92 valence electrons. The van der Waals surface area contributed by atoms with Crippen LogP contribution in [-0.4, -0.2) is 66.5 Å². The largest absolute Gasteiger partial charge is 0.394 e. The van der Waals surface area contributed by atoms with E-state index in [0.717, 1.165) is 0 Å². The minimum Gasteiger partial charge on any atom is -0.394 e. The third-order valence-corrected chi connectivity index (χ3v) is 1.53. The average Bonchev–Trinajstić information content (AvgIpc) is 2.29. The zero-order valence-corrected chi connectivity index (χ0v) is 8.96. The van der Waals surface area contributed by atoms with E-state index in [0.29, 0.717) is 6.54 Å². The molecule has 0 spiro atoms. The molecule has 0 aromatic rings. The van der Waals surface area contributed by atoms with E-state index >= 15 is 0 Å². The molecular formula is C8H20NO6+. The SMILES string of the molecule is CC[N+](OCCO)(OCCO)OCCO. The van der Waals surface area contributed by atoms with Gasteiger partial charge in [0.15, 0.2) is 6.54 Å². The van der Waals surface area contributed by atoms with Crippen LogP contribution in [0.25, 0.3) is 0 Å². The van der Waals surface area contributed by atoms with Gasteiger partial charge in [0.25, 0.3) is 0 Å². The average molecular weight is 226 g/mol. The number of hydrogen-bond acceptors (Lipinski definition) is 6. The Labute approximate surface area is 88.8 Å². The molecule has 7 nitrogen and oxygen atoms in total. The third-order valence-electron chi connectivity index (χ3n) is 1.53. The van der Waals surface area contributed by atoms with Crippen molar-refractivity contribution in [3.05, 3.63) is 0 Å². The highest BCUT2D eigenvalue weighted by molar-refractivity contribution is 4.17. The number of nitrogens with zero attached hydrogens (tertiary/aromatic N) is 1. The lowest BCUT2D eigenvalue weighted by Crippen LogP contribution is -2.49. The fraction of sp³-hybridized carbons (Fsp3) is 1.00. The van der Waals surface area contributed by atoms with Gasteiger partial charge in [-0.1, -0.05) is 0 Å². The highest BCUT2D eigenvalue weighted by Gasteiger charge is 2.32. The Morgan fingerprint density at radius 3 is 1.33 bits per heavy atom. The predicted molar refractivity (Wildman–Crippen MR) is 49.9 cm³/mol. The summed E-state index contributed by atoms with van der Waals surface area (Å²) >= 11 is 0. The topological polar surface area (TPSA) is 88.4 Å². The molecule has 15 heavy (non-hydrogen) atoms. The van der Waals surface area contributed by atoms with Crippen molar-refractivity contribution in [1.29, 1.82) is 0 Å². The molecule has 0 aliphatic heterocycles. The van der Waals surface area contributed by atoms with Gasteiger partial charge >= 0.3 is 0 Å². The first-order valence-electron chi connectivity index (χ1n) is 4.89. The molecule has 0 atom stereocenters. The van der Waals surface area contributed by atoms with Gasteiger partial charge in [0, 0.05) is 0 Å². The number of aliphatic hydroxyl groups excluding tert-OH is 3. The lowest BCUT2D eigenvalue weighted by molar-refractivity contribution is -1.37. The van der Waals surface area contributed by atoms with Gasteiger partial charge < -0.3 is 15.3 Å². The molecule has 0 fully saturated rings. The zero-order valence-electron chi connectivity index (χ0n) is 8.96. The molecule has 3 N–H and O–H groups in total. The van der Waals surface area contributed by atoms with Crippen LogP contribution in [0, 0.1) is 0 Å². The van der Waals surface area contributed by atoms with E-state index in [1.807, 2.05) is 0 Å². The van der Waals surface area contributed by atoms with E-state index in [1.165, 1.54) is 0 Å². The summed E-state index contributed by atoms with van der Waals surface area (Å²) in [6.07, 6.45) is 0. The van der Waals surface area contributed by atoms with E-state index in [4.69, 9.17) is 29.8 Å². The number of rotatable bonds is 10. The second kappa shape index (κ2) is 8.98. The van der Waals surface area contributed by atoms with Crippen LogP contribution in [0.4, 0.5) is 0 Å². The summed E-state index contributed by atoms with van der Waals surface area (Å²) in [5.74, 6) is 0. The maximum absolute atomic E-state index is 8.63. The zero-order chi connectivity index (χ0) is 11.6. The van der Waals surface area contributed by atoms with Crippen molar-refractivity contribution >= 4 is 0 Å². The van der Waals surface area contributed by atoms with Gasteiger partial charge in [0.2, 0.25) is 0 Å². The maximum Gasteiger partial charge on any atom is 0.175 e. The summed E-state index contributed by atoms with van der Waals surface area (Å²) < 4.78 is 0. The van der Waals surface area contributed by atoms with Gasteiger partial charge in [-0.05, 0) is 6.92 Å². The van der Waals surface area contributed by atoms with Crippen LogP contribution in [-0.2, 0) is 14.5 Å². The van der Waals surface area contributed by atoms with Crippen molar-refractivity contribution < 1.29 is 34.8 Å². The molecule has 0 rings (SSSR count). The van der Waals surface area contributed by atoms with Gasteiger partial charge in [0.1, 0.15) is 19.8 Å². The third kappa shape index (κ3) is 6.00. The number of aliphatic hydroxyl groups is 3. The van der Waals surface area contributed by atoms with Crippen molar-refractivity contribution in [2.45, 2.75) is 6.92 Å². The second-order valence-electron chi connectivity index (χ2n) is 2.60. The van der Waals surface area contributed by atoms with Crippen LogP contribution in [0.5, 0.6) is 0 Å². The number of quaternary nitrogens is 1. The Morgan fingerprint density at radius 2 is 1.13 bits per heavy atom. The Hall–Kier alpha value is -0.280. The van der Waals surface area contributed by atoms with E-state index in [-0.39, 0.29) is 39.6 Å². The number of hydroxylamine groups is 3. The highest BCUT2D eigenvalue weighted by atomic mass is 17.2. The van der Waals surface area contributed by atoms with Gasteiger partial charge in [-0.2, -0.15) is 0 Å². The summed E-state index contributed by atoms with van der Waals surface area (Å²) in [6.45, 7) is 1.74. The van der Waals surface area contributed by atoms with Gasteiger partial charge in [-0.15, -0.1) is 14.5 Å². The minimum absolute atomic E-state index is 0.0463. The van der Waals surface area contributed by atoms with Gasteiger partial charge in [0.05, 0.1) is 24.8 Å². The predicted octanol–water partition coefficient (Wildman–Crippen LogP) is -1.41. The van der Waals surface area contributed by atoms with E-state index < -0.39 is 4.97 Å². The van der Waals surface area contributed by atoms with E-state index in [1.54, 1.807) is 6.92 Å². The van der Waals surface area contributed by atoms with Crippen molar-refractivity contribution in [3.63, 3.8) is 0 Å². The first-order chi connectivity index (χ1) is 7.24. The highest BCUT2D eigenvalue weighted by Crippen LogP contribution is 2.10. The summed E-state index contributed by atoms with van der Waals surface area (Å²) in [7, 11) is 0. The Bertz CT molecular complexity index is 123. The fourth-order valence-electron chi connectivity index (χ4n) is 0.925. The molecule has 0 aromatic heterocycles. The van der Waals surface area contributed by atoms with Crippen LogP contribution < -0.4 is 0 Å². The quantitative estimate of drug-likeness (QED) is 0.313. The summed E-state index contributed by atoms with van der Waals surface area (Å²) in [5.41, 5.74) is 0. The first-order valence-corrected chi connectivity index (χ1v) is 4.89. The Kier molecular flexibility index (Phi) is 8.82. The molecule has 0 heterocycles. The molecule has 0 amide bonds. The summed E-state index contributed by atoms with van der Waals surface area (Å²) in [4.78, 5) is 14.9. The van der Waals surface area contributed by atoms with E-state index in [2.05, 4.69) is 0 Å². The smallest absolute Gasteiger partial charge is 0.175 e. The monoisotopic (exact) mass is 226 g/mol. The summed E-state index contributed by atoms with van der Waals surface area (Å²) in [5, 5.41) is 25.9. The van der Waals surface area contributed by atoms with Crippen molar-refractivity contribution in [2.24, 2.45) is 0 Å². The summed E-state index contributed by atoms with van der Waals surface area (Å²) in [6, 6.07) is 0. The lowest BCUT2D eigenvalue weighted by Gasteiger charge is -2.27. The van der Waals surface area contributed by atoms with Crippen LogP contribution in [0.2, 0.25) is 0 Å². The fourth-order valence-corrected chi connectivity index (χ4v) is 0.925. The maximum atomic E-state index is 8.63. The van der Waals surface area contributed by atoms with Crippen LogP contribution >= 0.6 is 0 Å².